The summed E-state index contributed by atoms with van der Waals surface area (Å²) in [4.78, 5) is 0. The molecule has 29 heavy (non-hydrogen) atoms. The second kappa shape index (κ2) is 21.8. The van der Waals surface area contributed by atoms with Gasteiger partial charge < -0.3 is 22.9 Å². The van der Waals surface area contributed by atoms with Gasteiger partial charge in [0.25, 0.3) is 0 Å². The van der Waals surface area contributed by atoms with Crippen LogP contribution in [0.15, 0.2) is 11.1 Å². The second-order valence-corrected chi connectivity index (χ2v) is 12.8. The maximum Gasteiger partial charge on any atom is 4.00 e. The zero-order chi connectivity index (χ0) is 21.1. The fraction of sp³-hybridized carbons (Fsp3) is 0.481. The summed E-state index contributed by atoms with van der Waals surface area (Å²) >= 11 is 0. The normalized spacial score (nSPS) is 17.0. The fourth-order valence-corrected chi connectivity index (χ4v) is 3.79. The molecule has 0 spiro atoms. The molecule has 2 aliphatic carbocycles. The predicted molar refractivity (Wildman–Crippen MR) is 129 cm³/mol. The van der Waals surface area contributed by atoms with Gasteiger partial charge in [-0.25, -0.2) is 0 Å². The van der Waals surface area contributed by atoms with E-state index in [-0.39, 0.29) is 26.2 Å². The zero-order valence-corrected chi connectivity index (χ0v) is 23.2. The van der Waals surface area contributed by atoms with Gasteiger partial charge >= 0.3 is 26.2 Å². The van der Waals surface area contributed by atoms with Gasteiger partial charge in [-0.3, -0.25) is 0 Å². The van der Waals surface area contributed by atoms with E-state index in [2.05, 4.69) is 52.2 Å². The van der Waals surface area contributed by atoms with Crippen LogP contribution in [0.2, 0.25) is 19.6 Å². The Morgan fingerprint density at radius 3 is 1.38 bits per heavy atom. The topological polar surface area (TPSA) is 0 Å². The Hall–Kier alpha value is 0.580. The summed E-state index contributed by atoms with van der Waals surface area (Å²) in [5.41, 5.74) is 6.80. The molecule has 0 bridgehead atoms. The molecule has 2 saturated carbocycles. The fourth-order valence-electron chi connectivity index (χ4n) is 2.61. The third kappa shape index (κ3) is 21.6. The van der Waals surface area contributed by atoms with E-state index in [0.29, 0.717) is 0 Å². The van der Waals surface area contributed by atoms with Gasteiger partial charge in [0.15, 0.2) is 0 Å². The summed E-state index contributed by atoms with van der Waals surface area (Å²) in [6.45, 7) is 13.9. The minimum atomic E-state index is -1.25. The van der Waals surface area contributed by atoms with Gasteiger partial charge in [0.1, 0.15) is 0 Å². The largest absolute Gasteiger partial charge is 4.00 e. The first-order valence-electron chi connectivity index (χ1n) is 11.0. The summed E-state index contributed by atoms with van der Waals surface area (Å²) in [7, 11) is -1.25. The summed E-state index contributed by atoms with van der Waals surface area (Å²) in [6.07, 6.45) is 32.1. The maximum absolute atomic E-state index is 3.84. The number of allylic oxidation sites excluding steroid dienone is 3. The van der Waals surface area contributed by atoms with Crippen molar-refractivity contribution < 1.29 is 26.2 Å². The third-order valence-corrected chi connectivity index (χ3v) is 4.92. The Kier molecular flexibility index (Phi) is 23.9. The monoisotopic (exact) mass is 484 g/mol. The standard InChI is InChI=1S/C17H32Si.2C5H5.Zr/c1-7-10-13-16(12-9-3)17(14-11-8-2)15-18(4,5)6;2*1-2-4-5-3-1;/h7-12,14H2,1-6H3;2*1-5H;/q-2;;;+4. The molecule has 2 rings (SSSR count). The van der Waals surface area contributed by atoms with Crippen LogP contribution in [0.4, 0.5) is 0 Å². The molecule has 0 atom stereocenters. The van der Waals surface area contributed by atoms with Crippen LogP contribution >= 0.6 is 0 Å². The van der Waals surface area contributed by atoms with E-state index in [4.69, 9.17) is 0 Å². The average Bonchev–Trinajstić information content (AvgIpc) is 3.39. The van der Waals surface area contributed by atoms with Crippen molar-refractivity contribution in [3.05, 3.63) is 87.1 Å². The van der Waals surface area contributed by atoms with E-state index in [1.54, 1.807) is 0 Å². The molecule has 2 heteroatoms. The van der Waals surface area contributed by atoms with E-state index in [1.165, 1.54) is 49.7 Å². The molecule has 0 saturated heterocycles. The molecular weight excluding hydrogens is 444 g/mol. The van der Waals surface area contributed by atoms with Crippen molar-refractivity contribution in [1.82, 2.24) is 0 Å². The van der Waals surface area contributed by atoms with Gasteiger partial charge in [-0.1, -0.05) is 66.1 Å². The number of unbranched alkanes of at least 4 members (excludes halogenated alkanes) is 2. The van der Waals surface area contributed by atoms with E-state index in [1.807, 2.05) is 64.2 Å². The van der Waals surface area contributed by atoms with Crippen LogP contribution in [0.25, 0.3) is 0 Å². The molecule has 0 amide bonds. The molecule has 10 radical (unpaired) electrons. The first-order chi connectivity index (χ1) is 13.4. The van der Waals surface area contributed by atoms with Crippen LogP contribution in [-0.2, 0) is 26.2 Å². The van der Waals surface area contributed by atoms with Gasteiger partial charge in [0.2, 0.25) is 0 Å². The van der Waals surface area contributed by atoms with Gasteiger partial charge in [0, 0.05) is 0 Å². The zero-order valence-electron chi connectivity index (χ0n) is 19.7. The quantitative estimate of drug-likeness (QED) is 0.175. The number of rotatable bonds is 9. The molecule has 2 aliphatic rings. The Morgan fingerprint density at radius 2 is 1.07 bits per heavy atom. The summed E-state index contributed by atoms with van der Waals surface area (Å²) in [6, 6.07) is 0. The molecule has 0 aliphatic heterocycles. The molecule has 0 nitrogen and oxygen atoms in total. The summed E-state index contributed by atoms with van der Waals surface area (Å²) < 4.78 is 0. The molecule has 2 fully saturated rings. The summed E-state index contributed by atoms with van der Waals surface area (Å²) in [5, 5.41) is 0. The molecule has 0 unspecified atom stereocenters. The van der Waals surface area contributed by atoms with E-state index < -0.39 is 8.07 Å². The molecule has 156 valence electrons. The van der Waals surface area contributed by atoms with Gasteiger partial charge in [0.05, 0.1) is 0 Å². The van der Waals surface area contributed by atoms with Crippen LogP contribution in [-0.4, -0.2) is 8.07 Å². The average molecular weight is 486 g/mol. The third-order valence-electron chi connectivity index (χ3n) is 3.87. The minimum Gasteiger partial charge on any atom is -0.377 e. The molecule has 0 aromatic rings. The van der Waals surface area contributed by atoms with Crippen LogP contribution in [0.1, 0.15) is 65.7 Å². The molecular formula is C27H42SiZr+2. The van der Waals surface area contributed by atoms with Crippen molar-refractivity contribution in [3.8, 4) is 0 Å². The molecule has 0 heterocycles. The van der Waals surface area contributed by atoms with Crippen molar-refractivity contribution in [2.45, 2.75) is 85.4 Å². The van der Waals surface area contributed by atoms with Crippen LogP contribution in [0.3, 0.4) is 0 Å². The first-order valence-corrected chi connectivity index (χ1v) is 14.5. The maximum atomic E-state index is 3.84. The molecule has 0 aromatic carbocycles. The smallest absolute Gasteiger partial charge is 0.377 e. The van der Waals surface area contributed by atoms with Crippen LogP contribution in [0, 0.1) is 76.0 Å². The van der Waals surface area contributed by atoms with Crippen molar-refractivity contribution >= 4 is 8.07 Å². The predicted octanol–water partition coefficient (Wildman–Crippen LogP) is 8.15. The first kappa shape index (κ1) is 31.8. The van der Waals surface area contributed by atoms with Crippen LogP contribution < -0.4 is 0 Å². The van der Waals surface area contributed by atoms with Crippen molar-refractivity contribution in [3.63, 3.8) is 0 Å². The molecule has 0 aromatic heterocycles. The van der Waals surface area contributed by atoms with Crippen molar-refractivity contribution in [1.29, 1.82) is 0 Å². The van der Waals surface area contributed by atoms with Crippen molar-refractivity contribution in [2.75, 3.05) is 0 Å². The number of hydrogen-bond acceptors (Lipinski definition) is 0. The molecule has 0 N–H and O–H groups in total. The van der Waals surface area contributed by atoms with E-state index >= 15 is 0 Å². The van der Waals surface area contributed by atoms with Crippen LogP contribution in [0.5, 0.6) is 0 Å². The van der Waals surface area contributed by atoms with Gasteiger partial charge in [-0.15, -0.1) is 19.3 Å². The Balaban J connectivity index is 0. The summed E-state index contributed by atoms with van der Waals surface area (Å²) in [5.74, 6) is 0. The Labute approximate surface area is 205 Å². The number of hydrogen-bond donors (Lipinski definition) is 0. The van der Waals surface area contributed by atoms with Crippen molar-refractivity contribution in [2.24, 2.45) is 0 Å². The Morgan fingerprint density at radius 1 is 0.621 bits per heavy atom. The van der Waals surface area contributed by atoms with E-state index in [0.717, 1.165) is 6.42 Å². The van der Waals surface area contributed by atoms with Gasteiger partial charge in [-0.05, 0) is 72.3 Å². The van der Waals surface area contributed by atoms with Gasteiger partial charge in [-0.2, -0.15) is 0 Å². The minimum absolute atomic E-state index is 0. The van der Waals surface area contributed by atoms with E-state index in [9.17, 15) is 0 Å². The SMILES string of the molecule is CCC[C-]=C(CCC)C(=[C-][Si](C)(C)C)CCCC.[CH]1[CH][CH][CH][CH]1.[CH]1[CH][CH][CH][CH]1.[Zr+4]. The Bertz CT molecular complexity index is 370. The second-order valence-electron chi connectivity index (χ2n) is 8.04.